The second-order valence-corrected chi connectivity index (χ2v) is 5.38. The number of hydrogen-bond acceptors (Lipinski definition) is 2. The molecule has 0 radical (unpaired) electrons. The summed E-state index contributed by atoms with van der Waals surface area (Å²) in [4.78, 5) is 0. The van der Waals surface area contributed by atoms with Crippen molar-refractivity contribution in [3.8, 4) is 0 Å². The van der Waals surface area contributed by atoms with E-state index in [1.54, 1.807) is 5.38 Å². The molecule has 1 saturated heterocycles. The van der Waals surface area contributed by atoms with E-state index in [2.05, 4.69) is 5.32 Å². The van der Waals surface area contributed by atoms with Gasteiger partial charge in [-0.25, -0.2) is 0 Å². The molecule has 1 fully saturated rings. The number of rotatable bonds is 1. The van der Waals surface area contributed by atoms with E-state index in [0.29, 0.717) is 11.6 Å². The zero-order valence-corrected chi connectivity index (χ0v) is 9.87. The monoisotopic (exact) mass is 259 g/mol. The number of nitrogens with one attached hydrogen (secondary N) is 1. The second-order valence-electron chi connectivity index (χ2n) is 4.64. The summed E-state index contributed by atoms with van der Waals surface area (Å²) in [5.74, 6) is 0. The van der Waals surface area contributed by atoms with Gasteiger partial charge in [-0.15, -0.1) is 0 Å². The fourth-order valence-corrected chi connectivity index (χ4v) is 3.56. The van der Waals surface area contributed by atoms with Crippen molar-refractivity contribution in [2.45, 2.75) is 37.5 Å². The van der Waals surface area contributed by atoms with Gasteiger partial charge in [0.15, 0.2) is 0 Å². The number of alkyl halides is 3. The van der Waals surface area contributed by atoms with Crippen LogP contribution >= 0.6 is 11.3 Å². The molecule has 17 heavy (non-hydrogen) atoms. The Hall–Kier alpha value is -0.810. The zero-order chi connectivity index (χ0) is 12.0. The highest BCUT2D eigenvalue weighted by Crippen LogP contribution is 2.41. The Morgan fingerprint density at radius 3 is 2.76 bits per heavy atom. The third-order valence-corrected chi connectivity index (χ3v) is 4.20. The largest absolute Gasteiger partial charge is 0.417 e. The Morgan fingerprint density at radius 1 is 1.24 bits per heavy atom. The molecule has 2 atom stereocenters. The lowest BCUT2D eigenvalue weighted by atomic mass is 9.95. The van der Waals surface area contributed by atoms with E-state index in [1.807, 2.05) is 6.08 Å². The van der Waals surface area contributed by atoms with E-state index in [1.165, 1.54) is 5.38 Å². The molecule has 0 aliphatic carbocycles. The van der Waals surface area contributed by atoms with Crippen molar-refractivity contribution in [2.24, 2.45) is 0 Å². The highest BCUT2D eigenvalue weighted by Gasteiger charge is 2.37. The first-order valence-corrected chi connectivity index (χ1v) is 6.59. The fourth-order valence-electron chi connectivity index (χ4n) is 2.68. The predicted molar refractivity (Wildman–Crippen MR) is 61.9 cm³/mol. The molecule has 3 rings (SSSR count). The second kappa shape index (κ2) is 3.85. The van der Waals surface area contributed by atoms with Gasteiger partial charge in [-0.3, -0.25) is 0 Å². The van der Waals surface area contributed by atoms with Crippen LogP contribution in [0.1, 0.15) is 30.4 Å². The molecular weight excluding hydrogens is 247 g/mol. The summed E-state index contributed by atoms with van der Waals surface area (Å²) in [5.41, 5.74) is 0.778. The van der Waals surface area contributed by atoms with Gasteiger partial charge >= 0.3 is 6.18 Å². The molecule has 2 aliphatic rings. The van der Waals surface area contributed by atoms with E-state index in [0.717, 1.165) is 36.2 Å². The van der Waals surface area contributed by atoms with Crippen LogP contribution in [0.3, 0.4) is 0 Å². The minimum absolute atomic E-state index is 0.268. The Kier molecular flexibility index (Phi) is 2.56. The Bertz CT molecular complexity index is 461. The highest BCUT2D eigenvalue weighted by molar-refractivity contribution is 7.08. The van der Waals surface area contributed by atoms with E-state index >= 15 is 0 Å². The lowest BCUT2D eigenvalue weighted by Gasteiger charge is -2.22. The van der Waals surface area contributed by atoms with Crippen molar-refractivity contribution >= 4 is 16.9 Å². The van der Waals surface area contributed by atoms with Gasteiger partial charge in [0.2, 0.25) is 0 Å². The van der Waals surface area contributed by atoms with Crippen molar-refractivity contribution in [2.75, 3.05) is 0 Å². The fraction of sp³-hybridized carbons (Fsp3) is 0.500. The van der Waals surface area contributed by atoms with E-state index in [9.17, 15) is 13.2 Å². The summed E-state index contributed by atoms with van der Waals surface area (Å²) < 4.78 is 38.4. The lowest BCUT2D eigenvalue weighted by molar-refractivity contribution is -0.137. The summed E-state index contributed by atoms with van der Waals surface area (Å²) in [6.45, 7) is 0. The van der Waals surface area contributed by atoms with E-state index in [-0.39, 0.29) is 6.04 Å². The standard InChI is InChI=1S/C12H12F3NS/c13-12(14,15)11-6-17-5-10(11)7-3-8-1-2-9(4-7)16-8/h3,5-6,8-9,16H,1-2,4H2. The van der Waals surface area contributed by atoms with Crippen LogP contribution in [0.2, 0.25) is 0 Å². The van der Waals surface area contributed by atoms with E-state index < -0.39 is 11.7 Å². The molecule has 1 N–H and O–H groups in total. The average Bonchev–Trinajstić information content (AvgIpc) is 2.84. The Labute approximate surface area is 101 Å². The van der Waals surface area contributed by atoms with Crippen LogP contribution in [-0.2, 0) is 6.18 Å². The van der Waals surface area contributed by atoms with Crippen molar-refractivity contribution < 1.29 is 13.2 Å². The van der Waals surface area contributed by atoms with Crippen LogP contribution in [0.5, 0.6) is 0 Å². The number of thiophene rings is 1. The van der Waals surface area contributed by atoms with Crippen LogP contribution < -0.4 is 5.32 Å². The molecule has 0 saturated carbocycles. The first-order valence-electron chi connectivity index (χ1n) is 5.64. The van der Waals surface area contributed by atoms with Crippen LogP contribution in [0.15, 0.2) is 16.8 Å². The van der Waals surface area contributed by atoms with Crippen LogP contribution in [0.4, 0.5) is 13.2 Å². The maximum absolute atomic E-state index is 12.8. The topological polar surface area (TPSA) is 12.0 Å². The SMILES string of the molecule is FC(F)(F)c1cscc1C1=CC2CCC(C1)N2. The zero-order valence-electron chi connectivity index (χ0n) is 9.05. The molecule has 1 nitrogen and oxygen atoms in total. The molecule has 2 aliphatic heterocycles. The maximum Gasteiger partial charge on any atom is 0.417 e. The minimum atomic E-state index is -4.24. The average molecular weight is 259 g/mol. The number of halogens is 3. The predicted octanol–water partition coefficient (Wildman–Crippen LogP) is 3.67. The molecule has 2 bridgehead atoms. The van der Waals surface area contributed by atoms with Crippen LogP contribution in [-0.4, -0.2) is 12.1 Å². The van der Waals surface area contributed by atoms with Crippen LogP contribution in [0.25, 0.3) is 5.57 Å². The summed E-state index contributed by atoms with van der Waals surface area (Å²) >= 11 is 1.13. The first-order chi connectivity index (χ1) is 8.04. The van der Waals surface area contributed by atoms with Crippen molar-refractivity contribution in [3.05, 3.63) is 28.0 Å². The Morgan fingerprint density at radius 2 is 2.06 bits per heavy atom. The lowest BCUT2D eigenvalue weighted by Crippen LogP contribution is -2.32. The summed E-state index contributed by atoms with van der Waals surface area (Å²) in [7, 11) is 0. The molecule has 1 aromatic rings. The number of hydrogen-bond donors (Lipinski definition) is 1. The van der Waals surface area contributed by atoms with Gasteiger partial charge in [-0.05, 0) is 30.2 Å². The highest BCUT2D eigenvalue weighted by atomic mass is 32.1. The van der Waals surface area contributed by atoms with Crippen molar-refractivity contribution in [1.29, 1.82) is 0 Å². The third-order valence-electron chi connectivity index (χ3n) is 3.46. The molecule has 0 aromatic carbocycles. The van der Waals surface area contributed by atoms with Crippen molar-refractivity contribution in [3.63, 3.8) is 0 Å². The first kappa shape index (κ1) is 11.3. The van der Waals surface area contributed by atoms with Crippen LogP contribution in [0, 0.1) is 0 Å². The number of fused-ring (bicyclic) bond motifs is 2. The van der Waals surface area contributed by atoms with Gasteiger partial charge in [0.25, 0.3) is 0 Å². The van der Waals surface area contributed by atoms with Gasteiger partial charge < -0.3 is 5.32 Å². The molecule has 0 spiro atoms. The maximum atomic E-state index is 12.8. The third kappa shape index (κ3) is 2.02. The molecule has 5 heteroatoms. The summed E-state index contributed by atoms with van der Waals surface area (Å²) in [6.07, 6.45) is 0.563. The molecule has 2 unspecified atom stereocenters. The van der Waals surface area contributed by atoms with Gasteiger partial charge in [-0.2, -0.15) is 24.5 Å². The molecule has 1 aromatic heterocycles. The van der Waals surface area contributed by atoms with Gasteiger partial charge in [0.1, 0.15) is 0 Å². The molecular formula is C12H12F3NS. The summed E-state index contributed by atoms with van der Waals surface area (Å²) in [6, 6.07) is 0.630. The van der Waals surface area contributed by atoms with Gasteiger partial charge in [0, 0.05) is 23.0 Å². The Balaban J connectivity index is 1.98. The summed E-state index contributed by atoms with van der Waals surface area (Å²) in [5, 5.41) is 6.22. The normalized spacial score (nSPS) is 28.3. The molecule has 0 amide bonds. The smallest absolute Gasteiger partial charge is 0.307 e. The van der Waals surface area contributed by atoms with Gasteiger partial charge in [-0.1, -0.05) is 6.08 Å². The minimum Gasteiger partial charge on any atom is -0.307 e. The quantitative estimate of drug-likeness (QED) is 0.811. The van der Waals surface area contributed by atoms with E-state index in [4.69, 9.17) is 0 Å². The molecule has 3 heterocycles. The van der Waals surface area contributed by atoms with Gasteiger partial charge in [0.05, 0.1) is 5.56 Å². The molecule has 92 valence electrons. The van der Waals surface area contributed by atoms with Crippen molar-refractivity contribution in [1.82, 2.24) is 5.32 Å².